The second-order valence-electron chi connectivity index (χ2n) is 6.19. The van der Waals surface area contributed by atoms with Gasteiger partial charge in [-0.2, -0.15) is 0 Å². The van der Waals surface area contributed by atoms with Gasteiger partial charge in [-0.15, -0.1) is 0 Å². The minimum Gasteiger partial charge on any atom is -0.443 e. The molecule has 8 nitrogen and oxygen atoms in total. The lowest BCUT2D eigenvalue weighted by atomic mass is 10.1. The van der Waals surface area contributed by atoms with Gasteiger partial charge in [0, 0.05) is 43.3 Å². The number of nitrogens with one attached hydrogen (secondary N) is 2. The highest BCUT2D eigenvalue weighted by molar-refractivity contribution is 6.26. The third-order valence-corrected chi connectivity index (χ3v) is 3.94. The molecule has 0 spiro atoms. The lowest BCUT2D eigenvalue weighted by molar-refractivity contribution is -0.118. The molecular formula is C17H26ClN5O3. The molecule has 1 rings (SSSR count). The highest BCUT2D eigenvalue weighted by Gasteiger charge is 2.26. The van der Waals surface area contributed by atoms with E-state index in [1.165, 1.54) is 29.1 Å². The number of halogens is 1. The van der Waals surface area contributed by atoms with E-state index in [2.05, 4.69) is 20.8 Å². The van der Waals surface area contributed by atoms with Gasteiger partial charge < -0.3 is 4.74 Å². The fourth-order valence-corrected chi connectivity index (χ4v) is 2.02. The summed E-state index contributed by atoms with van der Waals surface area (Å²) in [5.74, 6) is -0.120. The summed E-state index contributed by atoms with van der Waals surface area (Å²) < 4.78 is 5.46. The zero-order chi connectivity index (χ0) is 19.6. The maximum Gasteiger partial charge on any atom is 0.414 e. The van der Waals surface area contributed by atoms with E-state index in [0.29, 0.717) is 31.4 Å². The second-order valence-corrected chi connectivity index (χ2v) is 6.41. The molecule has 1 aliphatic rings. The molecule has 144 valence electrons. The monoisotopic (exact) mass is 383 g/mol. The molecule has 0 fully saturated rings. The molecule has 2 N–H and O–H groups in total. The molecule has 0 bridgehead atoms. The largest absolute Gasteiger partial charge is 0.443 e. The van der Waals surface area contributed by atoms with E-state index < -0.39 is 11.7 Å². The molecule has 2 amide bonds. The van der Waals surface area contributed by atoms with Crippen molar-refractivity contribution in [3.05, 3.63) is 23.1 Å². The van der Waals surface area contributed by atoms with Gasteiger partial charge in [0.2, 0.25) is 0 Å². The lowest BCUT2D eigenvalue weighted by Crippen LogP contribution is -2.41. The topological polar surface area (TPSA) is 95.4 Å². The zero-order valence-corrected chi connectivity index (χ0v) is 16.3. The number of aliphatic imine (C=N–C) groups is 2. The first-order valence-corrected chi connectivity index (χ1v) is 8.78. The third kappa shape index (κ3) is 7.26. The van der Waals surface area contributed by atoms with Crippen LogP contribution in [0.2, 0.25) is 0 Å². The van der Waals surface area contributed by atoms with Crippen LogP contribution in [-0.4, -0.2) is 48.5 Å². The molecule has 26 heavy (non-hydrogen) atoms. The van der Waals surface area contributed by atoms with Crippen LogP contribution in [0.5, 0.6) is 0 Å². The second kappa shape index (κ2) is 10.6. The van der Waals surface area contributed by atoms with Gasteiger partial charge in [0.15, 0.2) is 5.82 Å². The Labute approximate surface area is 159 Å². The highest BCUT2D eigenvalue weighted by Crippen LogP contribution is 2.20. The predicted molar refractivity (Wildman–Crippen MR) is 103 cm³/mol. The van der Waals surface area contributed by atoms with E-state index in [1.54, 1.807) is 7.05 Å². The number of hydrazine groups is 1. The van der Waals surface area contributed by atoms with Crippen LogP contribution in [0.4, 0.5) is 4.79 Å². The number of hydrogen-bond donors (Lipinski definition) is 2. The van der Waals surface area contributed by atoms with Crippen LogP contribution >= 0.6 is 11.6 Å². The molecule has 9 heteroatoms. The van der Waals surface area contributed by atoms with Crippen LogP contribution in [0.1, 0.15) is 40.0 Å². The van der Waals surface area contributed by atoms with E-state index in [4.69, 9.17) is 16.3 Å². The molecule has 0 aromatic heterocycles. The number of amides is 2. The molecule has 0 atom stereocenters. The van der Waals surface area contributed by atoms with Crippen LogP contribution in [-0.2, 0) is 9.53 Å². The van der Waals surface area contributed by atoms with Crippen molar-refractivity contribution in [3.8, 4) is 0 Å². The minimum absolute atomic E-state index is 0.247. The van der Waals surface area contributed by atoms with Gasteiger partial charge in [0.25, 0.3) is 5.91 Å². The van der Waals surface area contributed by atoms with E-state index in [9.17, 15) is 9.59 Å². The van der Waals surface area contributed by atoms with Gasteiger partial charge in [-0.1, -0.05) is 18.5 Å². The van der Waals surface area contributed by atoms with Gasteiger partial charge in [-0.3, -0.25) is 25.5 Å². The van der Waals surface area contributed by atoms with E-state index in [0.717, 1.165) is 0 Å². The Balaban J connectivity index is 2.68. The molecular weight excluding hydrogens is 358 g/mol. The lowest BCUT2D eigenvalue weighted by Gasteiger charge is -2.29. The van der Waals surface area contributed by atoms with Crippen molar-refractivity contribution in [3.63, 3.8) is 0 Å². The molecule has 1 heterocycles. The number of rotatable bonds is 7. The summed E-state index contributed by atoms with van der Waals surface area (Å²) in [4.78, 5) is 33.7. The Morgan fingerprint density at radius 1 is 1.38 bits per heavy atom. The quantitative estimate of drug-likeness (QED) is 0.522. The Bertz CT molecular complexity index is 626. The average molecular weight is 384 g/mol. The SMILES string of the molecule is CCC(C)(C)OC(=O)N1C=C(C(=O)NNC(=C\Cl)/N=C\C=NC)CCC1. The first-order valence-electron chi connectivity index (χ1n) is 8.34. The number of hydrogen-bond acceptors (Lipinski definition) is 6. The molecule has 1 aliphatic heterocycles. The van der Waals surface area contributed by atoms with Crippen molar-refractivity contribution in [2.24, 2.45) is 9.98 Å². The normalized spacial score (nSPS) is 16.0. The summed E-state index contributed by atoms with van der Waals surface area (Å²) in [6, 6.07) is 0. The Morgan fingerprint density at radius 3 is 2.73 bits per heavy atom. The Hall–Kier alpha value is -2.35. The first-order chi connectivity index (χ1) is 12.3. The van der Waals surface area contributed by atoms with E-state index in [-0.39, 0.29) is 11.7 Å². The molecule has 0 aromatic rings. The van der Waals surface area contributed by atoms with Crippen LogP contribution < -0.4 is 10.9 Å². The van der Waals surface area contributed by atoms with Crippen LogP contribution in [0.3, 0.4) is 0 Å². The molecule has 0 unspecified atom stereocenters. The standard InChI is InChI=1S/C17H26ClN5O3/c1-5-17(2,3)26-16(25)23-10-6-7-13(12-23)15(24)22-21-14(11-18)20-9-8-19-4/h8-9,11-12,21H,5-7,10H2,1-4H3,(H,22,24)/b14-11-,19-8?,20-9-. The summed E-state index contributed by atoms with van der Waals surface area (Å²) in [6.45, 7) is 6.15. The van der Waals surface area contributed by atoms with Crippen molar-refractivity contribution in [2.45, 2.75) is 45.6 Å². The van der Waals surface area contributed by atoms with Crippen LogP contribution in [0, 0.1) is 0 Å². The first kappa shape index (κ1) is 21.7. The van der Waals surface area contributed by atoms with Gasteiger partial charge in [0.1, 0.15) is 5.60 Å². The smallest absolute Gasteiger partial charge is 0.414 e. The number of ether oxygens (including phenoxy) is 1. The third-order valence-electron chi connectivity index (χ3n) is 3.73. The van der Waals surface area contributed by atoms with Crippen LogP contribution in [0.15, 0.2) is 33.1 Å². The zero-order valence-electron chi connectivity index (χ0n) is 15.6. The molecule has 0 aromatic carbocycles. The molecule has 0 saturated carbocycles. The summed E-state index contributed by atoms with van der Waals surface area (Å²) in [6.07, 6.45) is 5.90. The van der Waals surface area contributed by atoms with Crippen molar-refractivity contribution >= 4 is 36.0 Å². The Morgan fingerprint density at radius 2 is 2.12 bits per heavy atom. The number of carbonyl (C=O) groups is 2. The van der Waals surface area contributed by atoms with Gasteiger partial charge in [-0.25, -0.2) is 9.79 Å². The van der Waals surface area contributed by atoms with Gasteiger partial charge in [-0.05, 0) is 33.1 Å². The van der Waals surface area contributed by atoms with Gasteiger partial charge in [0.05, 0.1) is 0 Å². The van der Waals surface area contributed by atoms with E-state index in [1.807, 2.05) is 20.8 Å². The minimum atomic E-state index is -0.549. The molecule has 0 radical (unpaired) electrons. The highest BCUT2D eigenvalue weighted by atomic mass is 35.5. The van der Waals surface area contributed by atoms with Gasteiger partial charge >= 0.3 is 6.09 Å². The predicted octanol–water partition coefficient (Wildman–Crippen LogP) is 2.72. The molecule has 0 aliphatic carbocycles. The van der Waals surface area contributed by atoms with Crippen LogP contribution in [0.25, 0.3) is 0 Å². The molecule has 0 saturated heterocycles. The number of carbonyl (C=O) groups excluding carboxylic acids is 2. The van der Waals surface area contributed by atoms with Crippen molar-refractivity contribution in [2.75, 3.05) is 13.6 Å². The van der Waals surface area contributed by atoms with Crippen molar-refractivity contribution in [1.29, 1.82) is 0 Å². The summed E-state index contributed by atoms with van der Waals surface area (Å²) in [7, 11) is 1.61. The maximum atomic E-state index is 12.3. The average Bonchev–Trinajstić information content (AvgIpc) is 2.64. The van der Waals surface area contributed by atoms with Crippen molar-refractivity contribution in [1.82, 2.24) is 15.8 Å². The maximum absolute atomic E-state index is 12.3. The summed E-state index contributed by atoms with van der Waals surface area (Å²) >= 11 is 5.64. The number of nitrogens with zero attached hydrogens (tertiary/aromatic N) is 3. The Kier molecular flexibility index (Phi) is 8.84. The fourth-order valence-electron chi connectivity index (χ4n) is 1.91. The summed E-state index contributed by atoms with van der Waals surface area (Å²) in [5.41, 5.74) is 6.21. The van der Waals surface area contributed by atoms with Crippen molar-refractivity contribution < 1.29 is 14.3 Å². The van der Waals surface area contributed by atoms with E-state index >= 15 is 0 Å². The summed E-state index contributed by atoms with van der Waals surface area (Å²) in [5, 5.41) is 0. The fraction of sp³-hybridized carbons (Fsp3) is 0.529.